The number of phosphoric acid groups is 1. The molecule has 306 valence electrons. The van der Waals surface area contributed by atoms with Crippen LogP contribution in [-0.2, 0) is 42.0 Å². The molecule has 57 heavy (non-hydrogen) atoms. The molecule has 4 aromatic rings. The number of aliphatic hydroxyl groups excluding tert-OH is 1. The molecule has 4 aromatic heterocycles. The lowest BCUT2D eigenvalue weighted by atomic mass is 10.2. The second-order valence-electron chi connectivity index (χ2n) is 12.7. The maximum absolute atomic E-state index is 13.4. The molecule has 0 aromatic carbocycles. The zero-order valence-electron chi connectivity index (χ0n) is 29.6. The summed E-state index contributed by atoms with van der Waals surface area (Å²) in [4.78, 5) is 92.3. The van der Waals surface area contributed by atoms with Gasteiger partial charge in [0.15, 0.2) is 18.1 Å². The number of esters is 1. The molecule has 0 radical (unpaired) electrons. The zero-order valence-corrected chi connectivity index (χ0v) is 31.3. The molecule has 7 N–H and O–H groups in total. The van der Waals surface area contributed by atoms with E-state index < -0.39 is 107 Å². The molecule has 0 bridgehead atoms. The van der Waals surface area contributed by atoms with Crippen LogP contribution in [0.25, 0.3) is 11.2 Å². The largest absolute Gasteiger partial charge is 0.783 e. The van der Waals surface area contributed by atoms with Crippen molar-refractivity contribution in [1.82, 2.24) is 38.4 Å². The van der Waals surface area contributed by atoms with Gasteiger partial charge in [-0.1, -0.05) is 11.8 Å². The van der Waals surface area contributed by atoms with Gasteiger partial charge in [-0.25, -0.2) is 24.7 Å². The first kappa shape index (κ1) is 41.5. The Balaban J connectivity index is 1.12. The van der Waals surface area contributed by atoms with E-state index in [0.29, 0.717) is 0 Å². The number of ether oxygens (including phenoxy) is 3. The van der Waals surface area contributed by atoms with Gasteiger partial charge >= 0.3 is 17.6 Å². The van der Waals surface area contributed by atoms with Gasteiger partial charge in [0.25, 0.3) is 13.4 Å². The molecule has 27 heteroatoms. The van der Waals surface area contributed by atoms with Crippen LogP contribution in [-0.4, -0.2) is 110 Å². The number of hydrogen-bond donors (Lipinski definition) is 5. The number of aromatic nitrogens is 8. The van der Waals surface area contributed by atoms with Gasteiger partial charge in [0, 0.05) is 37.6 Å². The fraction of sp³-hybridized carbons (Fsp3) is 0.467. The Morgan fingerprint density at radius 3 is 2.58 bits per heavy atom. The Morgan fingerprint density at radius 1 is 1.12 bits per heavy atom. The first-order chi connectivity index (χ1) is 26.9. The Morgan fingerprint density at radius 2 is 1.86 bits per heavy atom. The van der Waals surface area contributed by atoms with Gasteiger partial charge in [-0.15, -0.1) is 0 Å². The second kappa shape index (κ2) is 16.8. The van der Waals surface area contributed by atoms with Crippen LogP contribution >= 0.6 is 15.3 Å². The maximum Gasteiger partial charge on any atom is 0.330 e. The molecular formula is C30H34N10O15P2-2. The number of H-pyrrole nitrogens is 1. The summed E-state index contributed by atoms with van der Waals surface area (Å²) in [6, 6.07) is -1.44. The van der Waals surface area contributed by atoms with E-state index >= 15 is 0 Å². The third kappa shape index (κ3) is 9.54. The van der Waals surface area contributed by atoms with Crippen molar-refractivity contribution < 1.29 is 62.0 Å². The third-order valence-electron chi connectivity index (χ3n) is 8.77. The number of nitrogens with zero attached hydrogens (tertiary/aromatic N) is 7. The fourth-order valence-corrected chi connectivity index (χ4v) is 8.69. The highest BCUT2D eigenvalue weighted by Crippen LogP contribution is 2.49. The quantitative estimate of drug-likeness (QED) is 0.0482. The van der Waals surface area contributed by atoms with Crippen LogP contribution in [0.5, 0.6) is 0 Å². The first-order valence-electron chi connectivity index (χ1n) is 16.8. The fourth-order valence-electron chi connectivity index (χ4n) is 6.04. The van der Waals surface area contributed by atoms with Crippen LogP contribution in [0.2, 0.25) is 0 Å². The van der Waals surface area contributed by atoms with Crippen LogP contribution in [0.1, 0.15) is 43.1 Å². The molecular weight excluding hydrogens is 802 g/mol. The van der Waals surface area contributed by atoms with Gasteiger partial charge in [0.05, 0.1) is 37.7 Å². The molecule has 0 spiro atoms. The number of hydrogen-bond acceptors (Lipinski definition) is 20. The van der Waals surface area contributed by atoms with E-state index in [1.54, 1.807) is 0 Å². The number of aliphatic hydroxyl groups is 1. The number of carboxylic acid groups (broad SMARTS) is 1. The number of nitrogens with two attached hydrogens (primary N) is 2. The third-order valence-corrected chi connectivity index (χ3v) is 11.7. The van der Waals surface area contributed by atoms with Crippen molar-refractivity contribution in [3.8, 4) is 11.8 Å². The number of nitrogens with one attached hydrogen (secondary N) is 1. The molecule has 2 saturated heterocycles. The van der Waals surface area contributed by atoms with Gasteiger partial charge in [-0.05, 0) is 6.92 Å². The Hall–Kier alpha value is -5.12. The van der Waals surface area contributed by atoms with Crippen molar-refractivity contribution in [2.75, 3.05) is 25.1 Å². The number of anilines is 1. The molecule has 2 aliphatic rings. The number of aryl methyl sites for hydroxylation is 1. The van der Waals surface area contributed by atoms with Crippen molar-refractivity contribution in [3.05, 3.63) is 63.5 Å². The average molecular weight is 837 g/mol. The number of fused-ring (bicyclic) bond motifs is 1. The minimum atomic E-state index is -5.31. The minimum absolute atomic E-state index is 0.0643. The first-order valence-corrected chi connectivity index (χ1v) is 20.0. The minimum Gasteiger partial charge on any atom is -0.783 e. The Kier molecular flexibility index (Phi) is 12.2. The summed E-state index contributed by atoms with van der Waals surface area (Å²) in [5.41, 5.74) is 9.61. The summed E-state index contributed by atoms with van der Waals surface area (Å²) < 4.78 is 56.8. The zero-order chi connectivity index (χ0) is 41.2. The standard InChI is InChI=1S/C30H36N10O15P2/c1-15-33-4-5-40(15)56(47,48)12-21-19(9-23(54-21)39-14-36-25-26(32)34-13-35-27(25)39)55-57(49,50)52-11-20-18(41)8-22(53-20)38-10-16(28(44)37-30(38)46)3-2-6-51-29(45)17(31)7-24(42)43/h4-5,10,13-14,17-23,41H,6-9,11-12,31H2,1H3,(H,42,43)(H,47,48)(H,49,50)(H2,32,34,35)(H,37,44,46)/p-2/t17?,18-,19-,20-,21-,22-,23-/m1/s1. The number of nitrogen functional groups attached to an aromatic ring is 1. The van der Waals surface area contributed by atoms with E-state index in [1.807, 2.05) is 4.98 Å². The molecule has 6 heterocycles. The van der Waals surface area contributed by atoms with E-state index in [2.05, 4.69) is 31.8 Å². The van der Waals surface area contributed by atoms with Gasteiger partial charge in [0.1, 0.15) is 55.4 Å². The highest BCUT2D eigenvalue weighted by molar-refractivity contribution is 7.55. The number of aliphatic carboxylic acids is 1. The summed E-state index contributed by atoms with van der Waals surface area (Å²) in [5.74, 6) is 2.63. The highest BCUT2D eigenvalue weighted by atomic mass is 31.2. The van der Waals surface area contributed by atoms with Crippen molar-refractivity contribution in [1.29, 1.82) is 0 Å². The number of aromatic amines is 1. The smallest absolute Gasteiger partial charge is 0.330 e. The second-order valence-corrected chi connectivity index (χ2v) is 16.2. The highest BCUT2D eigenvalue weighted by Gasteiger charge is 2.43. The number of rotatable bonds is 14. The normalized spacial score (nSPS) is 24.6. The van der Waals surface area contributed by atoms with Crippen LogP contribution in [0.15, 0.2) is 40.8 Å². The van der Waals surface area contributed by atoms with Crippen molar-refractivity contribution in [2.24, 2.45) is 5.73 Å². The van der Waals surface area contributed by atoms with E-state index in [9.17, 15) is 43.2 Å². The maximum atomic E-state index is 13.4. The molecule has 0 aliphatic carbocycles. The van der Waals surface area contributed by atoms with Crippen LogP contribution in [0.4, 0.5) is 5.82 Å². The lowest BCUT2D eigenvalue weighted by Gasteiger charge is -2.33. The van der Waals surface area contributed by atoms with Crippen LogP contribution in [0, 0.1) is 18.8 Å². The molecule has 0 amide bonds. The molecule has 2 fully saturated rings. The SMILES string of the molecule is Cc1nccn1P(=O)([O-])C[C@H]1O[C@@H](n2cnc3c(N)ncnc32)C[C@H]1OP(=O)([O-])OC[C@H]1O[C@@H](n2cc(C#CCOC(=O)C(N)CC(=O)O)c(=O)[nH]c2=O)C[C@H]1O. The average Bonchev–Trinajstić information content (AvgIpc) is 3.93. The molecule has 0 saturated carbocycles. The lowest BCUT2D eigenvalue weighted by Crippen LogP contribution is -2.34. The predicted octanol–water partition coefficient (Wildman–Crippen LogP) is -2.93. The monoisotopic (exact) mass is 836 g/mol. The molecule has 25 nitrogen and oxygen atoms in total. The van der Waals surface area contributed by atoms with E-state index in [0.717, 1.165) is 15.1 Å². The summed E-state index contributed by atoms with van der Waals surface area (Å²) in [6.45, 7) is 0.0905. The number of carbonyl (C=O) groups excluding carboxylic acids is 1. The molecule has 6 rings (SSSR count). The number of imidazole rings is 2. The van der Waals surface area contributed by atoms with Gasteiger partial charge in [-0.3, -0.25) is 37.4 Å². The Bertz CT molecular complexity index is 2440. The van der Waals surface area contributed by atoms with Crippen LogP contribution in [0.3, 0.4) is 0 Å². The van der Waals surface area contributed by atoms with Crippen molar-refractivity contribution in [2.45, 2.75) is 69.1 Å². The van der Waals surface area contributed by atoms with Crippen LogP contribution < -0.4 is 32.5 Å². The summed E-state index contributed by atoms with van der Waals surface area (Å²) >= 11 is 0. The number of carbonyl (C=O) groups is 2. The summed E-state index contributed by atoms with van der Waals surface area (Å²) in [7, 11) is -9.83. The number of carboxylic acids is 1. The van der Waals surface area contributed by atoms with Crippen molar-refractivity contribution in [3.63, 3.8) is 0 Å². The van der Waals surface area contributed by atoms with E-state index in [-0.39, 0.29) is 41.2 Å². The topological polar surface area (TPSA) is 369 Å². The van der Waals surface area contributed by atoms with Gasteiger partial charge in [-0.2, -0.15) is 0 Å². The summed E-state index contributed by atoms with van der Waals surface area (Å²) in [5, 5.41) is 19.4. The summed E-state index contributed by atoms with van der Waals surface area (Å²) in [6.07, 6.45) is -3.64. The number of phosphoric ester groups is 1. The molecule has 9 atom stereocenters. The van der Waals surface area contributed by atoms with Crippen molar-refractivity contribution >= 4 is 44.3 Å². The predicted molar refractivity (Wildman–Crippen MR) is 185 cm³/mol. The Labute approximate surface area is 319 Å². The lowest BCUT2D eigenvalue weighted by molar-refractivity contribution is -0.234. The molecule has 2 aliphatic heterocycles. The van der Waals surface area contributed by atoms with E-state index in [1.165, 1.54) is 36.5 Å². The van der Waals surface area contributed by atoms with Gasteiger partial charge < -0.3 is 59.3 Å². The van der Waals surface area contributed by atoms with Gasteiger partial charge in [0.2, 0.25) is 0 Å². The molecule has 3 unspecified atom stereocenters. The van der Waals surface area contributed by atoms with E-state index in [4.69, 9.17) is 39.8 Å².